The third kappa shape index (κ3) is 5.04. The van der Waals surface area contributed by atoms with E-state index in [1.165, 1.54) is 18.5 Å². The van der Waals surface area contributed by atoms with Crippen LogP contribution in [-0.2, 0) is 6.54 Å². The molecule has 1 aliphatic rings. The van der Waals surface area contributed by atoms with Gasteiger partial charge in [-0.2, -0.15) is 0 Å². The molecule has 26 heavy (non-hydrogen) atoms. The minimum Gasteiger partial charge on any atom is -0.371 e. The van der Waals surface area contributed by atoms with E-state index in [1.807, 2.05) is 36.5 Å². The van der Waals surface area contributed by atoms with Crippen LogP contribution >= 0.6 is 23.4 Å². The second kappa shape index (κ2) is 9.67. The summed E-state index contributed by atoms with van der Waals surface area (Å²) in [7, 11) is 0. The average molecular weight is 387 g/mol. The highest BCUT2D eigenvalue weighted by molar-refractivity contribution is 7.99. The van der Waals surface area contributed by atoms with E-state index in [9.17, 15) is 0 Å². The number of nitrogens with zero attached hydrogens (tertiary/aromatic N) is 2. The molecule has 1 fully saturated rings. The molecule has 1 aromatic carbocycles. The molecule has 0 amide bonds. The van der Waals surface area contributed by atoms with Crippen LogP contribution in [0, 0.1) is 0 Å². The molecule has 3 aromatic rings. The molecule has 6 heteroatoms. The molecule has 4 rings (SSSR count). The summed E-state index contributed by atoms with van der Waals surface area (Å²) in [6, 6.07) is 14.0. The molecule has 3 N–H and O–H groups in total. The zero-order valence-electron chi connectivity index (χ0n) is 14.6. The van der Waals surface area contributed by atoms with Crippen molar-refractivity contribution in [2.24, 2.45) is 5.73 Å². The monoisotopic (exact) mass is 386 g/mol. The van der Waals surface area contributed by atoms with Gasteiger partial charge in [-0.15, -0.1) is 0 Å². The number of halogens is 1. The minimum atomic E-state index is 0.504. The lowest BCUT2D eigenvalue weighted by atomic mass is 10.2. The first-order valence-electron chi connectivity index (χ1n) is 8.71. The molecule has 1 aliphatic heterocycles. The second-order valence-electron chi connectivity index (χ2n) is 5.98. The number of H-pyrrole nitrogens is 1. The number of hydrogen-bond donors (Lipinski definition) is 2. The smallest absolute Gasteiger partial charge is 0.0770 e. The third-order valence-electron chi connectivity index (χ3n) is 4.14. The zero-order chi connectivity index (χ0) is 18.2. The van der Waals surface area contributed by atoms with Gasteiger partial charge in [0.1, 0.15) is 0 Å². The molecule has 4 nitrogen and oxygen atoms in total. The van der Waals surface area contributed by atoms with Crippen LogP contribution in [-0.4, -0.2) is 23.1 Å². The highest BCUT2D eigenvalue weighted by atomic mass is 35.5. The van der Waals surface area contributed by atoms with E-state index >= 15 is 0 Å². The lowest BCUT2D eigenvalue weighted by molar-refractivity contribution is 0.949. The van der Waals surface area contributed by atoms with Crippen LogP contribution in [0.2, 0.25) is 5.02 Å². The first kappa shape index (κ1) is 18.8. The van der Waals surface area contributed by atoms with Crippen LogP contribution in [0.1, 0.15) is 18.4 Å². The molecule has 0 radical (unpaired) electrons. The van der Waals surface area contributed by atoms with Crippen molar-refractivity contribution in [1.82, 2.24) is 9.97 Å². The number of anilines is 1. The number of nitrogens with one attached hydrogen (secondary N) is 1. The van der Waals surface area contributed by atoms with Gasteiger partial charge < -0.3 is 15.6 Å². The maximum atomic E-state index is 6.49. The van der Waals surface area contributed by atoms with Gasteiger partial charge in [0.25, 0.3) is 0 Å². The van der Waals surface area contributed by atoms with Gasteiger partial charge in [0.2, 0.25) is 0 Å². The predicted molar refractivity (Wildman–Crippen MR) is 110 cm³/mol. The fraction of sp³-hybridized carbons (Fsp3) is 0.250. The number of nitrogens with two attached hydrogens (primary N) is 1. The Hall–Kier alpha value is -1.95. The molecule has 3 heterocycles. The third-order valence-corrected chi connectivity index (χ3v) is 5.71. The molecular formula is C20H23ClN4S. The van der Waals surface area contributed by atoms with E-state index in [-0.39, 0.29) is 0 Å². The summed E-state index contributed by atoms with van der Waals surface area (Å²) in [5.41, 5.74) is 8.22. The molecule has 1 saturated heterocycles. The van der Waals surface area contributed by atoms with Crippen molar-refractivity contribution >= 4 is 29.1 Å². The molecule has 0 unspecified atom stereocenters. The van der Waals surface area contributed by atoms with E-state index in [4.69, 9.17) is 17.3 Å². The summed E-state index contributed by atoms with van der Waals surface area (Å²) in [5, 5.41) is 1.87. The van der Waals surface area contributed by atoms with Crippen molar-refractivity contribution in [2.45, 2.75) is 29.3 Å². The number of pyridine rings is 1. The van der Waals surface area contributed by atoms with Crippen molar-refractivity contribution in [1.29, 1.82) is 0 Å². The summed E-state index contributed by atoms with van der Waals surface area (Å²) in [6.45, 7) is 2.73. The lowest BCUT2D eigenvalue weighted by Crippen LogP contribution is -2.18. The number of aromatic nitrogens is 2. The van der Waals surface area contributed by atoms with Gasteiger partial charge in [-0.25, -0.2) is 0 Å². The predicted octanol–water partition coefficient (Wildman–Crippen LogP) is 4.96. The van der Waals surface area contributed by atoms with Gasteiger partial charge in [-0.05, 0) is 54.8 Å². The highest BCUT2D eigenvalue weighted by Gasteiger charge is 2.17. The van der Waals surface area contributed by atoms with Crippen molar-refractivity contribution in [3.05, 3.63) is 71.6 Å². The molecular weight excluding hydrogens is 364 g/mol. The Morgan fingerprint density at radius 2 is 1.88 bits per heavy atom. The molecule has 0 atom stereocenters. The van der Waals surface area contributed by atoms with Crippen LogP contribution in [0.25, 0.3) is 0 Å². The minimum absolute atomic E-state index is 0.504. The largest absolute Gasteiger partial charge is 0.371 e. The van der Waals surface area contributed by atoms with Crippen molar-refractivity contribution in [3.63, 3.8) is 0 Å². The molecule has 0 saturated carbocycles. The van der Waals surface area contributed by atoms with Crippen molar-refractivity contribution in [2.75, 3.05) is 18.0 Å². The lowest BCUT2D eigenvalue weighted by Gasteiger charge is -2.20. The van der Waals surface area contributed by atoms with Crippen LogP contribution in [0.3, 0.4) is 0 Å². The van der Waals surface area contributed by atoms with Crippen LogP contribution in [0.5, 0.6) is 0 Å². The van der Waals surface area contributed by atoms with E-state index in [0.717, 1.165) is 33.6 Å². The summed E-state index contributed by atoms with van der Waals surface area (Å²) < 4.78 is 0. The van der Waals surface area contributed by atoms with E-state index < -0.39 is 0 Å². The van der Waals surface area contributed by atoms with Gasteiger partial charge in [-0.1, -0.05) is 29.4 Å². The number of hydrogen-bond acceptors (Lipinski definition) is 4. The molecule has 0 spiro atoms. The normalized spacial score (nSPS) is 13.4. The number of aromatic amines is 1. The summed E-state index contributed by atoms with van der Waals surface area (Å²) >= 11 is 8.13. The second-order valence-corrected chi connectivity index (χ2v) is 7.43. The highest BCUT2D eigenvalue weighted by Crippen LogP contribution is 2.38. The van der Waals surface area contributed by atoms with Gasteiger partial charge in [0.05, 0.1) is 10.0 Å². The molecule has 136 valence electrons. The van der Waals surface area contributed by atoms with E-state index in [1.54, 1.807) is 24.2 Å². The Bertz CT molecular complexity index is 760. The van der Waals surface area contributed by atoms with Gasteiger partial charge in [0.15, 0.2) is 0 Å². The van der Waals surface area contributed by atoms with Gasteiger partial charge in [0, 0.05) is 48.8 Å². The maximum Gasteiger partial charge on any atom is 0.0770 e. The molecule has 0 aliphatic carbocycles. The molecule has 2 aromatic heterocycles. The van der Waals surface area contributed by atoms with Gasteiger partial charge in [-0.3, -0.25) is 4.98 Å². The Labute approximate surface area is 163 Å². The maximum absolute atomic E-state index is 6.49. The van der Waals surface area contributed by atoms with E-state index in [2.05, 4.69) is 27.0 Å². The van der Waals surface area contributed by atoms with Gasteiger partial charge >= 0.3 is 0 Å². The van der Waals surface area contributed by atoms with Crippen LogP contribution < -0.4 is 10.6 Å². The first-order chi connectivity index (χ1) is 12.8. The van der Waals surface area contributed by atoms with Crippen LogP contribution in [0.4, 0.5) is 5.69 Å². The topological polar surface area (TPSA) is 57.9 Å². The molecule has 0 bridgehead atoms. The fourth-order valence-electron chi connectivity index (χ4n) is 2.86. The summed E-state index contributed by atoms with van der Waals surface area (Å²) in [5.74, 6) is 0. The summed E-state index contributed by atoms with van der Waals surface area (Å²) in [4.78, 5) is 10.4. The fourth-order valence-corrected chi connectivity index (χ4v) is 4.13. The quantitative estimate of drug-likeness (QED) is 0.665. The van der Waals surface area contributed by atoms with E-state index in [0.29, 0.717) is 6.54 Å². The first-order valence-corrected chi connectivity index (χ1v) is 9.91. The van der Waals surface area contributed by atoms with Crippen molar-refractivity contribution < 1.29 is 0 Å². The Morgan fingerprint density at radius 1 is 1.12 bits per heavy atom. The Balaban J connectivity index is 0.000000278. The van der Waals surface area contributed by atoms with Crippen molar-refractivity contribution in [3.8, 4) is 0 Å². The average Bonchev–Trinajstić information content (AvgIpc) is 3.39. The Morgan fingerprint density at radius 3 is 2.42 bits per heavy atom. The Kier molecular flexibility index (Phi) is 7.00. The number of rotatable bonds is 4. The zero-order valence-corrected chi connectivity index (χ0v) is 16.1. The van der Waals surface area contributed by atoms with Crippen LogP contribution in [0.15, 0.2) is 71.0 Å². The number of benzene rings is 1. The standard InChI is InChI=1S/C15H18ClN3S.C5H5N/c16-13-9-12(19-6-1-2-7-19)8-11(10-17)15(13)20-14-4-3-5-18-14;1-2-4-6-5-3-1/h3-5,8-9,18H,1-2,6-7,10,17H2;1-5H. The summed E-state index contributed by atoms with van der Waals surface area (Å²) in [6.07, 6.45) is 7.93. The SMILES string of the molecule is NCc1cc(N2CCCC2)cc(Cl)c1Sc1ccc[nH]1.c1ccncc1.